The lowest BCUT2D eigenvalue weighted by molar-refractivity contribution is 0.0856. The van der Waals surface area contributed by atoms with Crippen LogP contribution in [0.4, 0.5) is 0 Å². The van der Waals surface area contributed by atoms with Crippen molar-refractivity contribution in [1.82, 2.24) is 9.29 Å². The van der Waals surface area contributed by atoms with E-state index in [-0.39, 0.29) is 23.9 Å². The van der Waals surface area contributed by atoms with Crippen LogP contribution in [0.25, 0.3) is 0 Å². The van der Waals surface area contributed by atoms with E-state index in [9.17, 15) is 13.2 Å². The number of nitrogens with zero attached hydrogens (tertiary/aromatic N) is 2. The standard InChI is InChI=1S/C11H13BrN2O3S/c1-7-5-14(18(16,17)6-7)11(15)10-9(12)4-3-8(2)13-10/h3-4,7H,5-6H2,1-2H3. The Kier molecular flexibility index (Phi) is 3.46. The second kappa shape index (κ2) is 4.62. The van der Waals surface area contributed by atoms with E-state index in [1.54, 1.807) is 19.1 Å². The van der Waals surface area contributed by atoms with E-state index >= 15 is 0 Å². The summed E-state index contributed by atoms with van der Waals surface area (Å²) in [5, 5.41) is 0. The van der Waals surface area contributed by atoms with Crippen molar-refractivity contribution in [3.05, 3.63) is 28.0 Å². The van der Waals surface area contributed by atoms with Crippen molar-refractivity contribution in [3.63, 3.8) is 0 Å². The first kappa shape index (κ1) is 13.5. The lowest BCUT2D eigenvalue weighted by Crippen LogP contribution is -2.33. The molecule has 1 amide bonds. The number of carbonyl (C=O) groups excluding carboxylic acids is 1. The smallest absolute Gasteiger partial charge is 0.266 e. The maximum absolute atomic E-state index is 12.2. The summed E-state index contributed by atoms with van der Waals surface area (Å²) in [5.41, 5.74) is 0.818. The zero-order chi connectivity index (χ0) is 13.5. The molecule has 1 aliphatic rings. The molecular weight excluding hydrogens is 320 g/mol. The van der Waals surface area contributed by atoms with E-state index in [0.29, 0.717) is 10.2 Å². The van der Waals surface area contributed by atoms with Crippen molar-refractivity contribution in [1.29, 1.82) is 0 Å². The van der Waals surface area contributed by atoms with Gasteiger partial charge in [-0.3, -0.25) is 4.79 Å². The number of sulfonamides is 1. The molecule has 0 aliphatic carbocycles. The lowest BCUT2D eigenvalue weighted by atomic mass is 10.2. The molecule has 7 heteroatoms. The molecule has 1 atom stereocenters. The van der Waals surface area contributed by atoms with Gasteiger partial charge >= 0.3 is 0 Å². The van der Waals surface area contributed by atoms with Gasteiger partial charge in [0.2, 0.25) is 10.0 Å². The van der Waals surface area contributed by atoms with Gasteiger partial charge in [-0.25, -0.2) is 17.7 Å². The zero-order valence-electron chi connectivity index (χ0n) is 10.1. The molecule has 0 radical (unpaired) electrons. The molecule has 98 valence electrons. The molecule has 2 rings (SSSR count). The van der Waals surface area contributed by atoms with Crippen molar-refractivity contribution in [2.24, 2.45) is 5.92 Å². The predicted molar refractivity (Wildman–Crippen MR) is 70.7 cm³/mol. The third kappa shape index (κ3) is 2.42. The molecule has 0 saturated carbocycles. The second-order valence-corrected chi connectivity index (χ2v) is 7.30. The summed E-state index contributed by atoms with van der Waals surface area (Å²) in [6.07, 6.45) is 0. The molecule has 0 N–H and O–H groups in total. The maximum Gasteiger partial charge on any atom is 0.287 e. The first-order valence-corrected chi connectivity index (χ1v) is 7.89. The molecule has 0 spiro atoms. The molecule has 0 aromatic carbocycles. The summed E-state index contributed by atoms with van der Waals surface area (Å²) >= 11 is 3.23. The van der Waals surface area contributed by atoms with Crippen LogP contribution >= 0.6 is 15.9 Å². The van der Waals surface area contributed by atoms with Crippen molar-refractivity contribution < 1.29 is 13.2 Å². The number of amides is 1. The van der Waals surface area contributed by atoms with Gasteiger partial charge in [0, 0.05) is 16.7 Å². The third-order valence-electron chi connectivity index (χ3n) is 2.72. The average Bonchev–Trinajstić information content (AvgIpc) is 2.54. The monoisotopic (exact) mass is 332 g/mol. The molecular formula is C11H13BrN2O3S. The number of hydrogen-bond donors (Lipinski definition) is 0. The Balaban J connectivity index is 2.41. The second-order valence-electron chi connectivity index (χ2n) is 4.50. The molecule has 1 saturated heterocycles. The van der Waals surface area contributed by atoms with Crippen molar-refractivity contribution in [2.45, 2.75) is 13.8 Å². The highest BCUT2D eigenvalue weighted by molar-refractivity contribution is 9.10. The molecule has 0 bridgehead atoms. The van der Waals surface area contributed by atoms with Gasteiger partial charge in [-0.1, -0.05) is 6.92 Å². The number of aryl methyl sites for hydroxylation is 1. The van der Waals surface area contributed by atoms with Crippen molar-refractivity contribution >= 4 is 31.9 Å². The number of rotatable bonds is 1. The van der Waals surface area contributed by atoms with E-state index in [4.69, 9.17) is 0 Å². The SMILES string of the molecule is Cc1ccc(Br)c(C(=O)N2CC(C)CS2(=O)=O)n1. The zero-order valence-corrected chi connectivity index (χ0v) is 12.5. The van der Waals surface area contributed by atoms with Crippen LogP contribution in [0, 0.1) is 12.8 Å². The molecule has 1 aromatic heterocycles. The van der Waals surface area contributed by atoms with Gasteiger partial charge in [-0.2, -0.15) is 0 Å². The van der Waals surface area contributed by atoms with Gasteiger partial charge in [-0.05, 0) is 40.9 Å². The summed E-state index contributed by atoms with van der Waals surface area (Å²) in [6.45, 7) is 3.79. The number of carbonyl (C=O) groups is 1. The van der Waals surface area contributed by atoms with E-state index in [1.165, 1.54) is 0 Å². The molecule has 1 aromatic rings. The molecule has 1 fully saturated rings. The summed E-state index contributed by atoms with van der Waals surface area (Å²) in [6, 6.07) is 3.45. The van der Waals surface area contributed by atoms with Crippen LogP contribution in [0.1, 0.15) is 23.1 Å². The van der Waals surface area contributed by atoms with Gasteiger partial charge < -0.3 is 0 Å². The Morgan fingerprint density at radius 3 is 2.72 bits per heavy atom. The summed E-state index contributed by atoms with van der Waals surface area (Å²) < 4.78 is 25.1. The van der Waals surface area contributed by atoms with E-state index in [0.717, 1.165) is 4.31 Å². The number of halogens is 1. The molecule has 1 aliphatic heterocycles. The largest absolute Gasteiger partial charge is 0.287 e. The Morgan fingerprint density at radius 2 is 2.17 bits per heavy atom. The molecule has 18 heavy (non-hydrogen) atoms. The lowest BCUT2D eigenvalue weighted by Gasteiger charge is -2.15. The minimum Gasteiger partial charge on any atom is -0.266 e. The Labute approximate surface area is 114 Å². The quantitative estimate of drug-likeness (QED) is 0.782. The number of pyridine rings is 1. The van der Waals surface area contributed by atoms with Crippen LogP contribution in [0.15, 0.2) is 16.6 Å². The highest BCUT2D eigenvalue weighted by Gasteiger charge is 2.38. The summed E-state index contributed by atoms with van der Waals surface area (Å²) in [7, 11) is -3.49. The highest BCUT2D eigenvalue weighted by atomic mass is 79.9. The van der Waals surface area contributed by atoms with Crippen LogP contribution in [0.5, 0.6) is 0 Å². The van der Waals surface area contributed by atoms with Gasteiger partial charge in [0.05, 0.1) is 5.75 Å². The molecule has 5 nitrogen and oxygen atoms in total. The number of hydrogen-bond acceptors (Lipinski definition) is 4. The first-order chi connectivity index (χ1) is 8.31. The van der Waals surface area contributed by atoms with Crippen molar-refractivity contribution in [3.8, 4) is 0 Å². The molecule has 2 heterocycles. The summed E-state index contributed by atoms with van der Waals surface area (Å²) in [5.74, 6) is -0.584. The topological polar surface area (TPSA) is 67.3 Å². The normalized spacial score (nSPS) is 22.2. The average molecular weight is 333 g/mol. The number of aromatic nitrogens is 1. The predicted octanol–water partition coefficient (Wildman–Crippen LogP) is 1.57. The Hall–Kier alpha value is -0.950. The van der Waals surface area contributed by atoms with E-state index in [1.807, 2.05) is 6.92 Å². The van der Waals surface area contributed by atoms with Crippen LogP contribution in [-0.2, 0) is 10.0 Å². The van der Waals surface area contributed by atoms with Crippen LogP contribution in [0.3, 0.4) is 0 Å². The van der Waals surface area contributed by atoms with E-state index in [2.05, 4.69) is 20.9 Å². The third-order valence-corrected chi connectivity index (χ3v) is 5.34. The summed E-state index contributed by atoms with van der Waals surface area (Å²) in [4.78, 5) is 16.3. The Bertz CT molecular complexity index is 600. The van der Waals surface area contributed by atoms with Gasteiger partial charge in [0.15, 0.2) is 0 Å². The van der Waals surface area contributed by atoms with Crippen LogP contribution < -0.4 is 0 Å². The van der Waals surface area contributed by atoms with Gasteiger partial charge in [0.25, 0.3) is 5.91 Å². The first-order valence-electron chi connectivity index (χ1n) is 5.49. The fraction of sp³-hybridized carbons (Fsp3) is 0.455. The minimum atomic E-state index is -3.49. The van der Waals surface area contributed by atoms with Gasteiger partial charge in [-0.15, -0.1) is 0 Å². The van der Waals surface area contributed by atoms with Crippen LogP contribution in [0.2, 0.25) is 0 Å². The highest BCUT2D eigenvalue weighted by Crippen LogP contribution is 2.24. The fourth-order valence-corrected chi connectivity index (χ4v) is 4.13. The minimum absolute atomic E-state index is 0.0160. The van der Waals surface area contributed by atoms with E-state index < -0.39 is 15.9 Å². The maximum atomic E-state index is 12.2. The fourth-order valence-electron chi connectivity index (χ4n) is 1.92. The van der Waals surface area contributed by atoms with Crippen molar-refractivity contribution in [2.75, 3.05) is 12.3 Å². The van der Waals surface area contributed by atoms with Gasteiger partial charge in [0.1, 0.15) is 5.69 Å². The van der Waals surface area contributed by atoms with Crippen LogP contribution in [-0.4, -0.2) is 35.9 Å². The molecule has 1 unspecified atom stereocenters. The Morgan fingerprint density at radius 1 is 1.50 bits per heavy atom.